The highest BCUT2D eigenvalue weighted by atomic mass is 35.5. The first-order valence-corrected chi connectivity index (χ1v) is 17.3. The predicted octanol–water partition coefficient (Wildman–Crippen LogP) is 6.91. The Kier molecular flexibility index (Phi) is 10.1. The fourth-order valence-corrected chi connectivity index (χ4v) is 8.58. The van der Waals surface area contributed by atoms with Crippen LogP contribution in [0.5, 0.6) is 5.75 Å². The van der Waals surface area contributed by atoms with Gasteiger partial charge in [0, 0.05) is 41.5 Å². The van der Waals surface area contributed by atoms with Gasteiger partial charge in [0.05, 0.1) is 28.9 Å². The summed E-state index contributed by atoms with van der Waals surface area (Å²) in [6.07, 6.45) is 11.6. The van der Waals surface area contributed by atoms with Crippen molar-refractivity contribution in [3.05, 3.63) is 70.3 Å². The zero-order valence-corrected chi connectivity index (χ0v) is 27.8. The van der Waals surface area contributed by atoms with Crippen molar-refractivity contribution in [2.75, 3.05) is 38.8 Å². The van der Waals surface area contributed by atoms with Gasteiger partial charge in [-0.1, -0.05) is 36.7 Å². The van der Waals surface area contributed by atoms with Gasteiger partial charge in [-0.3, -0.25) is 4.79 Å². The Balaban J connectivity index is 1.40. The summed E-state index contributed by atoms with van der Waals surface area (Å²) in [6, 6.07) is 12.1. The molecule has 0 saturated heterocycles. The molecule has 234 valence electrons. The van der Waals surface area contributed by atoms with E-state index in [9.17, 15) is 9.00 Å². The van der Waals surface area contributed by atoms with Gasteiger partial charge in [0.2, 0.25) is 0 Å². The summed E-state index contributed by atoms with van der Waals surface area (Å²) in [5.41, 5.74) is 3.79. The number of hydrogen-bond donors (Lipinski definition) is 1. The van der Waals surface area contributed by atoms with E-state index in [2.05, 4.69) is 47.8 Å². The maximum absolute atomic E-state index is 12.2. The zero-order valence-electron chi connectivity index (χ0n) is 26.2. The lowest BCUT2D eigenvalue weighted by Gasteiger charge is -2.49. The van der Waals surface area contributed by atoms with Crippen molar-refractivity contribution >= 4 is 34.6 Å². The van der Waals surface area contributed by atoms with Crippen LogP contribution in [0.15, 0.2) is 48.6 Å². The number of nitrogens with zero attached hydrogens (tertiary/aromatic N) is 1. The Morgan fingerprint density at radius 3 is 2.77 bits per heavy atom. The second-order valence-corrected chi connectivity index (χ2v) is 15.3. The van der Waals surface area contributed by atoms with Crippen LogP contribution in [0, 0.1) is 17.8 Å². The zero-order chi connectivity index (χ0) is 30.8. The molecule has 8 heteroatoms. The Morgan fingerprint density at radius 2 is 2.07 bits per heavy atom. The van der Waals surface area contributed by atoms with E-state index in [1.165, 1.54) is 11.1 Å². The van der Waals surface area contributed by atoms with Crippen molar-refractivity contribution in [3.63, 3.8) is 0 Å². The Labute approximate surface area is 265 Å². The lowest BCUT2D eigenvalue weighted by Crippen LogP contribution is -2.52. The predicted molar refractivity (Wildman–Crippen MR) is 177 cm³/mol. The Bertz CT molecular complexity index is 1370. The normalized spacial score (nSPS) is 26.8. The molecule has 0 aromatic heterocycles. The first-order valence-electron chi connectivity index (χ1n) is 15.7. The molecule has 0 bridgehead atoms. The number of halogens is 1. The number of rotatable bonds is 11. The molecule has 1 heterocycles. The van der Waals surface area contributed by atoms with Gasteiger partial charge < -0.3 is 14.4 Å². The van der Waals surface area contributed by atoms with Gasteiger partial charge in [0.25, 0.3) is 0 Å². The lowest BCUT2D eigenvalue weighted by atomic mass is 9.64. The molecule has 2 aliphatic carbocycles. The number of allylic oxidation sites excluding steroid dienone is 1. The van der Waals surface area contributed by atoms with Gasteiger partial charge in [0.15, 0.2) is 0 Å². The Hall–Kier alpha value is -2.19. The number of nitrogens with one attached hydrogen (secondary N) is 1. The molecule has 1 fully saturated rings. The van der Waals surface area contributed by atoms with Gasteiger partial charge in [-0.2, -0.15) is 0 Å². The third-order valence-corrected chi connectivity index (χ3v) is 12.3. The number of methoxy groups -OCH3 is 1. The molecule has 2 aromatic carbocycles. The third kappa shape index (κ3) is 6.61. The highest BCUT2D eigenvalue weighted by Gasteiger charge is 2.47. The molecular weight excluding hydrogens is 580 g/mol. The van der Waals surface area contributed by atoms with E-state index in [-0.39, 0.29) is 16.6 Å². The molecule has 5 unspecified atom stereocenters. The lowest BCUT2D eigenvalue weighted by molar-refractivity contribution is -0.0622. The molecule has 2 aromatic rings. The van der Waals surface area contributed by atoms with E-state index in [4.69, 9.17) is 21.1 Å². The second kappa shape index (κ2) is 13.4. The minimum atomic E-state index is -1.04. The average Bonchev–Trinajstić information content (AvgIpc) is 3.15. The number of hydrogen-bond acceptors (Lipinski definition) is 5. The van der Waals surface area contributed by atoms with Gasteiger partial charge in [0.1, 0.15) is 12.0 Å². The summed E-state index contributed by atoms with van der Waals surface area (Å²) in [4.78, 5) is 14.3. The summed E-state index contributed by atoms with van der Waals surface area (Å²) in [5, 5.41) is 0.846. The fraction of sp³-hybridized carbons (Fsp3) is 0.571. The largest absolute Gasteiger partial charge is 0.490 e. The summed E-state index contributed by atoms with van der Waals surface area (Å²) >= 11 is 6.42. The van der Waals surface area contributed by atoms with Crippen LogP contribution in [0.3, 0.4) is 0 Å². The van der Waals surface area contributed by atoms with E-state index in [1.807, 2.05) is 38.3 Å². The van der Waals surface area contributed by atoms with E-state index in [0.717, 1.165) is 74.4 Å². The molecule has 6 nitrogen and oxygen atoms in total. The second-order valence-electron chi connectivity index (χ2n) is 13.1. The number of ether oxygens (including phenoxy) is 2. The van der Waals surface area contributed by atoms with Crippen molar-refractivity contribution in [3.8, 4) is 5.75 Å². The van der Waals surface area contributed by atoms with Crippen molar-refractivity contribution < 1.29 is 18.5 Å². The van der Waals surface area contributed by atoms with Crippen LogP contribution < -0.4 is 14.4 Å². The molecule has 7 atom stereocenters. The van der Waals surface area contributed by atoms with Crippen molar-refractivity contribution in [1.29, 1.82) is 0 Å². The SMILES string of the molecule is CNS(=O)C(C)C(C)C/C=C/[C@](C)(OC)C1CCC1CN1C[C@@]2(CCCc3cc(Cl)ccc32)COc2ccc(C=O)cc21. The third-order valence-electron chi connectivity index (χ3n) is 10.5. The number of benzene rings is 2. The molecule has 1 N–H and O–H groups in total. The number of anilines is 1. The first-order chi connectivity index (χ1) is 20.6. The molecule has 1 spiro atoms. The van der Waals surface area contributed by atoms with Crippen molar-refractivity contribution in [1.82, 2.24) is 4.72 Å². The van der Waals surface area contributed by atoms with Crippen LogP contribution in [0.1, 0.15) is 74.4 Å². The van der Waals surface area contributed by atoms with E-state index >= 15 is 0 Å². The minimum absolute atomic E-state index is 0.0646. The molecule has 0 amide bonds. The van der Waals surface area contributed by atoms with E-state index < -0.39 is 16.6 Å². The standard InChI is InChI=1S/C35H47ClN2O4S/c1-24(25(2)43(40)37-4)8-6-16-34(3,41-5)30-13-11-28(30)20-38-22-35(17-7-9-27-19-29(36)12-14-31(27)35)23-42-33-15-10-26(21-39)18-32(33)38/h6,10,12,14-16,18-19,21,24-25,28,30,37H,7-9,11,13,17,20,22-23H2,1-5H3/b16-6+/t24?,25?,28?,30?,34-,35-,43?/m0/s1. The molecule has 3 aliphatic rings. The quantitative estimate of drug-likeness (QED) is 0.217. The minimum Gasteiger partial charge on any atom is -0.490 e. The van der Waals surface area contributed by atoms with Gasteiger partial charge in [-0.15, -0.1) is 0 Å². The molecule has 5 rings (SSSR count). The average molecular weight is 627 g/mol. The van der Waals surface area contributed by atoms with Crippen LogP contribution in [0.4, 0.5) is 5.69 Å². The van der Waals surface area contributed by atoms with Crippen LogP contribution in [0.25, 0.3) is 0 Å². The van der Waals surface area contributed by atoms with Crippen LogP contribution in [-0.4, -0.2) is 55.2 Å². The van der Waals surface area contributed by atoms with Crippen LogP contribution >= 0.6 is 11.6 Å². The maximum Gasteiger partial charge on any atom is 0.150 e. The molecule has 43 heavy (non-hydrogen) atoms. The summed E-state index contributed by atoms with van der Waals surface area (Å²) < 4.78 is 27.9. The van der Waals surface area contributed by atoms with Gasteiger partial charge in [-0.05, 0) is 119 Å². The summed E-state index contributed by atoms with van der Waals surface area (Å²) in [7, 11) is 2.52. The van der Waals surface area contributed by atoms with E-state index in [1.54, 1.807) is 7.05 Å². The van der Waals surface area contributed by atoms with E-state index in [0.29, 0.717) is 24.0 Å². The topological polar surface area (TPSA) is 67.9 Å². The van der Waals surface area contributed by atoms with Crippen molar-refractivity contribution in [2.24, 2.45) is 17.8 Å². The molecule has 0 radical (unpaired) electrons. The first kappa shape index (κ1) is 32.2. The number of carbonyl (C=O) groups is 1. The van der Waals surface area contributed by atoms with Crippen LogP contribution in [0.2, 0.25) is 5.02 Å². The van der Waals surface area contributed by atoms with Crippen LogP contribution in [-0.2, 0) is 27.6 Å². The van der Waals surface area contributed by atoms with Gasteiger partial charge in [-0.25, -0.2) is 8.93 Å². The highest BCUT2D eigenvalue weighted by molar-refractivity contribution is 7.83. The number of aryl methyl sites for hydroxylation is 1. The Morgan fingerprint density at radius 1 is 1.26 bits per heavy atom. The molecule has 1 aliphatic heterocycles. The fourth-order valence-electron chi connectivity index (χ4n) is 7.48. The monoisotopic (exact) mass is 626 g/mol. The summed E-state index contributed by atoms with van der Waals surface area (Å²) in [6.45, 7) is 8.70. The maximum atomic E-state index is 12.2. The molecular formula is C35H47ClN2O4S. The smallest absolute Gasteiger partial charge is 0.150 e. The number of aldehydes is 1. The summed E-state index contributed by atoms with van der Waals surface area (Å²) in [5.74, 6) is 1.92. The number of carbonyl (C=O) groups excluding carboxylic acids is 1. The number of fused-ring (bicyclic) bond motifs is 3. The van der Waals surface area contributed by atoms with Gasteiger partial charge >= 0.3 is 0 Å². The molecule has 1 saturated carbocycles. The van der Waals surface area contributed by atoms with Crippen molar-refractivity contribution in [2.45, 2.75) is 75.6 Å². The highest BCUT2D eigenvalue weighted by Crippen LogP contribution is 2.48.